The molecule has 0 unspecified atom stereocenters. The number of rotatable bonds is 5. The van der Waals surface area contributed by atoms with Gasteiger partial charge in [-0.1, -0.05) is 17.7 Å². The molecule has 3 amide bonds. The normalized spacial score (nSPS) is 13.4. The minimum Gasteiger partial charge on any atom is -0.483 e. The van der Waals surface area contributed by atoms with Gasteiger partial charge in [0, 0.05) is 16.3 Å². The van der Waals surface area contributed by atoms with E-state index in [0.717, 1.165) is 11.1 Å². The molecule has 2 aromatic carbocycles. The first-order valence-corrected chi connectivity index (χ1v) is 9.69. The molecule has 0 aromatic heterocycles. The molecule has 2 aromatic rings. The Morgan fingerprint density at radius 2 is 1.80 bits per heavy atom. The molecule has 1 heterocycles. The van der Waals surface area contributed by atoms with Crippen molar-refractivity contribution in [1.82, 2.24) is 10.6 Å². The van der Waals surface area contributed by atoms with Crippen LogP contribution in [0, 0.1) is 13.8 Å². The van der Waals surface area contributed by atoms with Crippen LogP contribution in [0.15, 0.2) is 42.0 Å². The molecule has 3 rings (SSSR count). The molecule has 1 fully saturated rings. The fourth-order valence-corrected chi connectivity index (χ4v) is 3.05. The maximum atomic E-state index is 12.3. The van der Waals surface area contributed by atoms with E-state index in [1.54, 1.807) is 12.1 Å². The van der Waals surface area contributed by atoms with E-state index >= 15 is 0 Å². The predicted octanol–water partition coefficient (Wildman–Crippen LogP) is 2.89. The largest absolute Gasteiger partial charge is 0.483 e. The molecule has 7 nitrogen and oxygen atoms in total. The van der Waals surface area contributed by atoms with Crippen molar-refractivity contribution in [2.45, 2.75) is 13.8 Å². The van der Waals surface area contributed by atoms with E-state index in [0.29, 0.717) is 16.3 Å². The lowest BCUT2D eigenvalue weighted by Gasteiger charge is -2.17. The Bertz CT molecular complexity index is 1080. The molecule has 154 valence electrons. The summed E-state index contributed by atoms with van der Waals surface area (Å²) >= 11 is 10.8. The standard InChI is InChI=1S/C21H18ClN3O4S/c1-11-3-5-15(7-12(11)2)23-18(26)10-29-17-6-4-14(22)8-13(17)9-16-19(27)24-21(30)25-20(16)28/h3-9H,10H2,1-2H3,(H,23,26)(H2,24,25,27,28,30). The number of hydrogen-bond acceptors (Lipinski definition) is 5. The quantitative estimate of drug-likeness (QED) is 0.375. The van der Waals surface area contributed by atoms with Crippen molar-refractivity contribution in [3.63, 3.8) is 0 Å². The number of thiocarbonyl (C=S) groups is 1. The summed E-state index contributed by atoms with van der Waals surface area (Å²) in [6.07, 6.45) is 1.33. The molecular weight excluding hydrogens is 426 g/mol. The van der Waals surface area contributed by atoms with Gasteiger partial charge in [-0.25, -0.2) is 0 Å². The lowest BCUT2D eigenvalue weighted by Crippen LogP contribution is -2.51. The van der Waals surface area contributed by atoms with Crippen molar-refractivity contribution in [2.75, 3.05) is 11.9 Å². The number of carbonyl (C=O) groups excluding carboxylic acids is 3. The van der Waals surface area contributed by atoms with Gasteiger partial charge in [0.25, 0.3) is 17.7 Å². The number of hydrogen-bond donors (Lipinski definition) is 3. The molecule has 1 saturated heterocycles. The Kier molecular flexibility index (Phi) is 6.49. The molecule has 3 N–H and O–H groups in total. The zero-order valence-electron chi connectivity index (χ0n) is 16.2. The third kappa shape index (κ3) is 5.22. The molecule has 1 aliphatic heterocycles. The number of halogens is 1. The minimum atomic E-state index is -0.637. The van der Waals surface area contributed by atoms with Crippen LogP contribution in [0.4, 0.5) is 5.69 Å². The lowest BCUT2D eigenvalue weighted by atomic mass is 10.1. The Morgan fingerprint density at radius 3 is 2.47 bits per heavy atom. The van der Waals surface area contributed by atoms with Crippen molar-refractivity contribution in [3.8, 4) is 5.75 Å². The second-order valence-electron chi connectivity index (χ2n) is 6.61. The van der Waals surface area contributed by atoms with Gasteiger partial charge in [-0.15, -0.1) is 0 Å². The Balaban J connectivity index is 1.75. The van der Waals surface area contributed by atoms with Crippen LogP contribution >= 0.6 is 23.8 Å². The fraction of sp³-hybridized carbons (Fsp3) is 0.143. The van der Waals surface area contributed by atoms with Crippen molar-refractivity contribution in [3.05, 3.63) is 63.7 Å². The van der Waals surface area contributed by atoms with Gasteiger partial charge in [-0.3, -0.25) is 25.0 Å². The zero-order valence-corrected chi connectivity index (χ0v) is 17.7. The van der Waals surface area contributed by atoms with Crippen LogP contribution in [0.3, 0.4) is 0 Å². The molecule has 0 aliphatic carbocycles. The summed E-state index contributed by atoms with van der Waals surface area (Å²) in [5.41, 5.74) is 3.06. The van der Waals surface area contributed by atoms with Gasteiger partial charge in [-0.2, -0.15) is 0 Å². The van der Waals surface area contributed by atoms with E-state index in [-0.39, 0.29) is 28.9 Å². The summed E-state index contributed by atoms with van der Waals surface area (Å²) < 4.78 is 5.61. The molecule has 0 spiro atoms. The number of benzene rings is 2. The van der Waals surface area contributed by atoms with Crippen LogP contribution in [0.5, 0.6) is 5.75 Å². The maximum Gasteiger partial charge on any atom is 0.263 e. The highest BCUT2D eigenvalue weighted by molar-refractivity contribution is 7.80. The molecule has 0 bridgehead atoms. The van der Waals surface area contributed by atoms with Crippen LogP contribution in [-0.2, 0) is 14.4 Å². The van der Waals surface area contributed by atoms with E-state index in [1.165, 1.54) is 12.1 Å². The van der Waals surface area contributed by atoms with Gasteiger partial charge in [0.1, 0.15) is 11.3 Å². The molecule has 9 heteroatoms. The Morgan fingerprint density at radius 1 is 1.10 bits per heavy atom. The van der Waals surface area contributed by atoms with Crippen molar-refractivity contribution >= 4 is 58.4 Å². The van der Waals surface area contributed by atoms with E-state index in [9.17, 15) is 14.4 Å². The lowest BCUT2D eigenvalue weighted by molar-refractivity contribution is -0.123. The second kappa shape index (κ2) is 9.06. The monoisotopic (exact) mass is 443 g/mol. The number of aryl methyl sites for hydroxylation is 2. The number of amides is 3. The van der Waals surface area contributed by atoms with Crippen molar-refractivity contribution in [1.29, 1.82) is 0 Å². The third-order valence-corrected chi connectivity index (χ3v) is 4.80. The zero-order chi connectivity index (χ0) is 21.8. The van der Waals surface area contributed by atoms with Crippen LogP contribution in [0.1, 0.15) is 16.7 Å². The van der Waals surface area contributed by atoms with Gasteiger partial charge >= 0.3 is 0 Å². The van der Waals surface area contributed by atoms with Gasteiger partial charge in [0.05, 0.1) is 0 Å². The van der Waals surface area contributed by atoms with Crippen molar-refractivity contribution in [2.24, 2.45) is 0 Å². The van der Waals surface area contributed by atoms with E-state index in [4.69, 9.17) is 28.6 Å². The third-order valence-electron chi connectivity index (χ3n) is 4.36. The topological polar surface area (TPSA) is 96.5 Å². The fourth-order valence-electron chi connectivity index (χ4n) is 2.68. The Hall–Kier alpha value is -3.23. The van der Waals surface area contributed by atoms with Gasteiger partial charge in [-0.05, 0) is 73.6 Å². The molecule has 0 saturated carbocycles. The number of anilines is 1. The SMILES string of the molecule is Cc1ccc(NC(=O)COc2ccc(Cl)cc2C=C2C(=O)NC(=S)NC2=O)cc1C. The second-order valence-corrected chi connectivity index (χ2v) is 7.46. The minimum absolute atomic E-state index is 0.0623. The van der Waals surface area contributed by atoms with E-state index < -0.39 is 11.8 Å². The molecule has 30 heavy (non-hydrogen) atoms. The van der Waals surface area contributed by atoms with E-state index in [1.807, 2.05) is 32.0 Å². The highest BCUT2D eigenvalue weighted by Gasteiger charge is 2.26. The first-order valence-electron chi connectivity index (χ1n) is 8.91. The number of nitrogens with one attached hydrogen (secondary N) is 3. The molecular formula is C21H18ClN3O4S. The molecule has 0 atom stereocenters. The van der Waals surface area contributed by atoms with Gasteiger partial charge in [0.15, 0.2) is 11.7 Å². The van der Waals surface area contributed by atoms with Crippen LogP contribution in [-0.4, -0.2) is 29.4 Å². The summed E-state index contributed by atoms with van der Waals surface area (Å²) in [4.78, 5) is 36.4. The average Bonchev–Trinajstić information content (AvgIpc) is 2.67. The smallest absolute Gasteiger partial charge is 0.263 e. The highest BCUT2D eigenvalue weighted by Crippen LogP contribution is 2.26. The van der Waals surface area contributed by atoms with Gasteiger partial charge in [0.2, 0.25) is 0 Å². The van der Waals surface area contributed by atoms with Crippen molar-refractivity contribution < 1.29 is 19.1 Å². The van der Waals surface area contributed by atoms with Crippen LogP contribution < -0.4 is 20.7 Å². The summed E-state index contributed by atoms with van der Waals surface area (Å²) in [6.45, 7) is 3.67. The first kappa shape index (κ1) is 21.5. The number of ether oxygens (including phenoxy) is 1. The summed E-state index contributed by atoms with van der Waals surface area (Å²) in [7, 11) is 0. The Labute approximate surface area is 183 Å². The van der Waals surface area contributed by atoms with Crippen LogP contribution in [0.2, 0.25) is 5.02 Å². The first-order chi connectivity index (χ1) is 14.2. The number of carbonyl (C=O) groups is 3. The summed E-state index contributed by atoms with van der Waals surface area (Å²) in [5, 5.41) is 7.79. The summed E-state index contributed by atoms with van der Waals surface area (Å²) in [5.74, 6) is -1.34. The maximum absolute atomic E-state index is 12.3. The van der Waals surface area contributed by atoms with Crippen LogP contribution in [0.25, 0.3) is 6.08 Å². The van der Waals surface area contributed by atoms with E-state index in [2.05, 4.69) is 16.0 Å². The predicted molar refractivity (Wildman–Crippen MR) is 118 cm³/mol. The molecule has 0 radical (unpaired) electrons. The summed E-state index contributed by atoms with van der Waals surface area (Å²) in [6, 6.07) is 10.3. The highest BCUT2D eigenvalue weighted by atomic mass is 35.5. The average molecular weight is 444 g/mol. The van der Waals surface area contributed by atoms with Gasteiger partial charge < -0.3 is 10.1 Å². The molecule has 1 aliphatic rings.